The van der Waals surface area contributed by atoms with Crippen molar-refractivity contribution >= 4 is 29.6 Å². The first-order valence-corrected chi connectivity index (χ1v) is 10.8. The van der Waals surface area contributed by atoms with Gasteiger partial charge in [-0.25, -0.2) is 14.6 Å². The number of aromatic nitrogens is 2. The molecule has 0 saturated carbocycles. The van der Waals surface area contributed by atoms with Gasteiger partial charge in [-0.3, -0.25) is 20.2 Å². The summed E-state index contributed by atoms with van der Waals surface area (Å²) in [6.07, 6.45) is 0.973. The summed E-state index contributed by atoms with van der Waals surface area (Å²) in [5.74, 6) is -0.384. The Bertz CT molecular complexity index is 1130. The summed E-state index contributed by atoms with van der Waals surface area (Å²) in [6, 6.07) is 4.74. The first-order valence-electron chi connectivity index (χ1n) is 10.8. The Balaban J connectivity index is 1.47. The predicted molar refractivity (Wildman–Crippen MR) is 118 cm³/mol. The summed E-state index contributed by atoms with van der Waals surface area (Å²) in [5, 5.41) is 16.5. The van der Waals surface area contributed by atoms with Crippen LogP contribution in [-0.4, -0.2) is 58.8 Å². The van der Waals surface area contributed by atoms with Gasteiger partial charge in [-0.1, -0.05) is 12.1 Å². The zero-order valence-corrected chi connectivity index (χ0v) is 18.6. The predicted octanol–water partition coefficient (Wildman–Crippen LogP) is 2.20. The van der Waals surface area contributed by atoms with Crippen LogP contribution in [0.1, 0.15) is 31.4 Å². The number of hydrogen-bond donors (Lipinski definition) is 2. The molecule has 2 fully saturated rings. The maximum Gasteiger partial charge on any atom is 0.508 e. The summed E-state index contributed by atoms with van der Waals surface area (Å²) < 4.78 is 15.7. The molecule has 0 bridgehead atoms. The number of anilines is 1. The smallest absolute Gasteiger partial charge is 0.435 e. The Hall–Kier alpha value is -4.49. The van der Waals surface area contributed by atoms with E-state index in [0.29, 0.717) is 31.5 Å². The lowest BCUT2D eigenvalue weighted by molar-refractivity contribution is -0.385. The van der Waals surface area contributed by atoms with E-state index in [1.165, 1.54) is 18.5 Å². The standard InChI is InChI=1S/C21H22N6O8/c1-2-33-21(30)35-14-7-9-26(10-8-14)17-16(27(31)32)19(23-11-22-17)34-13-5-3-12(4-6-13)15-18(28)25-20(29)24-15/h3-6,11,14-15H,2,7-10H2,1H3,(H2,24,25,28,29). The zero-order chi connectivity index (χ0) is 24.9. The Morgan fingerprint density at radius 3 is 2.51 bits per heavy atom. The third-order valence-corrected chi connectivity index (χ3v) is 5.42. The SMILES string of the molecule is CCOC(=O)OC1CCN(c2ncnc(Oc3ccc(C4NC(=O)NC4=O)cc3)c2[N+](=O)[O-])CC1. The maximum absolute atomic E-state index is 11.9. The van der Waals surface area contributed by atoms with Gasteiger partial charge in [0, 0.05) is 25.9 Å². The van der Waals surface area contributed by atoms with Crippen LogP contribution in [0, 0.1) is 10.1 Å². The van der Waals surface area contributed by atoms with Crippen molar-refractivity contribution in [3.8, 4) is 11.6 Å². The molecule has 184 valence electrons. The molecular formula is C21H22N6O8. The van der Waals surface area contributed by atoms with E-state index in [2.05, 4.69) is 20.6 Å². The minimum absolute atomic E-state index is 0.0940. The quantitative estimate of drug-likeness (QED) is 0.254. The summed E-state index contributed by atoms with van der Waals surface area (Å²) in [6.45, 7) is 2.62. The fourth-order valence-corrected chi connectivity index (χ4v) is 3.78. The number of ether oxygens (including phenoxy) is 3. The lowest BCUT2D eigenvalue weighted by Crippen LogP contribution is -2.38. The number of benzene rings is 1. The van der Waals surface area contributed by atoms with Crippen molar-refractivity contribution < 1.29 is 33.5 Å². The van der Waals surface area contributed by atoms with Crippen LogP contribution in [0.3, 0.4) is 0 Å². The molecule has 35 heavy (non-hydrogen) atoms. The molecule has 3 amide bonds. The fourth-order valence-electron chi connectivity index (χ4n) is 3.78. The van der Waals surface area contributed by atoms with Crippen molar-refractivity contribution in [1.29, 1.82) is 0 Å². The highest BCUT2D eigenvalue weighted by Crippen LogP contribution is 2.37. The van der Waals surface area contributed by atoms with E-state index in [1.54, 1.807) is 24.0 Å². The molecule has 1 atom stereocenters. The molecule has 3 heterocycles. The second-order valence-corrected chi connectivity index (χ2v) is 7.66. The molecule has 0 aliphatic carbocycles. The summed E-state index contributed by atoms with van der Waals surface area (Å²) in [4.78, 5) is 55.7. The van der Waals surface area contributed by atoms with Crippen molar-refractivity contribution in [3.63, 3.8) is 0 Å². The van der Waals surface area contributed by atoms with E-state index in [4.69, 9.17) is 14.2 Å². The van der Waals surface area contributed by atoms with Gasteiger partial charge in [0.25, 0.3) is 5.91 Å². The molecule has 0 radical (unpaired) electrons. The number of amides is 3. The van der Waals surface area contributed by atoms with E-state index in [-0.39, 0.29) is 30.2 Å². The van der Waals surface area contributed by atoms with Gasteiger partial charge in [-0.15, -0.1) is 0 Å². The van der Waals surface area contributed by atoms with Crippen LogP contribution in [0.5, 0.6) is 11.6 Å². The molecule has 2 aliphatic heterocycles. The Labute approximate surface area is 198 Å². The zero-order valence-electron chi connectivity index (χ0n) is 18.6. The third kappa shape index (κ3) is 5.37. The first kappa shape index (κ1) is 23.7. The molecular weight excluding hydrogens is 464 g/mol. The van der Waals surface area contributed by atoms with Gasteiger partial charge in [-0.2, -0.15) is 4.98 Å². The number of nitrogens with one attached hydrogen (secondary N) is 2. The van der Waals surface area contributed by atoms with Crippen molar-refractivity contribution in [2.75, 3.05) is 24.6 Å². The van der Waals surface area contributed by atoms with Gasteiger partial charge < -0.3 is 24.4 Å². The van der Waals surface area contributed by atoms with Crippen LogP contribution in [-0.2, 0) is 14.3 Å². The topological polar surface area (TPSA) is 175 Å². The van der Waals surface area contributed by atoms with Gasteiger partial charge in [0.1, 0.15) is 24.2 Å². The highest BCUT2D eigenvalue weighted by Gasteiger charge is 2.33. The van der Waals surface area contributed by atoms with Crippen molar-refractivity contribution in [3.05, 3.63) is 46.3 Å². The summed E-state index contributed by atoms with van der Waals surface area (Å²) >= 11 is 0. The second kappa shape index (κ2) is 10.2. The molecule has 14 heteroatoms. The van der Waals surface area contributed by atoms with Crippen LogP contribution in [0.15, 0.2) is 30.6 Å². The van der Waals surface area contributed by atoms with Gasteiger partial charge in [-0.05, 0) is 24.6 Å². The molecule has 2 N–H and O–H groups in total. The molecule has 2 saturated heterocycles. The van der Waals surface area contributed by atoms with Gasteiger partial charge in [0.05, 0.1) is 11.5 Å². The largest absolute Gasteiger partial charge is 0.508 e. The normalized spacial score (nSPS) is 18.0. The van der Waals surface area contributed by atoms with Gasteiger partial charge in [0.15, 0.2) is 0 Å². The number of carbonyl (C=O) groups is 3. The minimum Gasteiger partial charge on any atom is -0.435 e. The highest BCUT2D eigenvalue weighted by atomic mass is 16.7. The number of piperidine rings is 1. The molecule has 4 rings (SSSR count). The molecule has 2 aliphatic rings. The van der Waals surface area contributed by atoms with E-state index < -0.39 is 34.7 Å². The number of nitro groups is 1. The Kier molecular flexibility index (Phi) is 6.89. The van der Waals surface area contributed by atoms with Crippen LogP contribution >= 0.6 is 0 Å². The average molecular weight is 486 g/mol. The number of carbonyl (C=O) groups excluding carboxylic acids is 3. The molecule has 1 aromatic heterocycles. The van der Waals surface area contributed by atoms with E-state index in [0.717, 1.165) is 0 Å². The minimum atomic E-state index is -0.827. The number of urea groups is 1. The van der Waals surface area contributed by atoms with E-state index in [1.807, 2.05) is 0 Å². The monoisotopic (exact) mass is 486 g/mol. The lowest BCUT2D eigenvalue weighted by Gasteiger charge is -2.31. The number of imide groups is 1. The van der Waals surface area contributed by atoms with Crippen molar-refractivity contribution in [1.82, 2.24) is 20.6 Å². The molecule has 2 aromatic rings. The van der Waals surface area contributed by atoms with E-state index >= 15 is 0 Å². The van der Waals surface area contributed by atoms with E-state index in [9.17, 15) is 24.5 Å². The maximum atomic E-state index is 11.9. The van der Waals surface area contributed by atoms with Crippen LogP contribution in [0.2, 0.25) is 0 Å². The van der Waals surface area contributed by atoms with Crippen molar-refractivity contribution in [2.24, 2.45) is 0 Å². The number of nitrogens with zero attached hydrogens (tertiary/aromatic N) is 4. The Morgan fingerprint density at radius 1 is 1.20 bits per heavy atom. The fraction of sp³-hybridized carbons (Fsp3) is 0.381. The number of rotatable bonds is 7. The average Bonchev–Trinajstić information content (AvgIpc) is 3.17. The summed E-state index contributed by atoms with van der Waals surface area (Å²) in [5.41, 5.74) is 0.121. The first-order chi connectivity index (χ1) is 16.9. The number of hydrogen-bond acceptors (Lipinski definition) is 11. The van der Waals surface area contributed by atoms with Crippen LogP contribution < -0.4 is 20.3 Å². The van der Waals surface area contributed by atoms with Crippen LogP contribution in [0.25, 0.3) is 0 Å². The Morgan fingerprint density at radius 2 is 1.91 bits per heavy atom. The van der Waals surface area contributed by atoms with Crippen molar-refractivity contribution in [2.45, 2.75) is 31.9 Å². The molecule has 14 nitrogen and oxygen atoms in total. The third-order valence-electron chi connectivity index (χ3n) is 5.42. The van der Waals surface area contributed by atoms with Crippen LogP contribution in [0.4, 0.5) is 21.1 Å². The van der Waals surface area contributed by atoms with Gasteiger partial charge in [0.2, 0.25) is 5.82 Å². The molecule has 1 aromatic carbocycles. The molecule has 0 spiro atoms. The van der Waals surface area contributed by atoms with Gasteiger partial charge >= 0.3 is 23.8 Å². The summed E-state index contributed by atoms with van der Waals surface area (Å²) in [7, 11) is 0. The molecule has 1 unspecified atom stereocenters. The lowest BCUT2D eigenvalue weighted by atomic mass is 10.1. The second-order valence-electron chi connectivity index (χ2n) is 7.66. The highest BCUT2D eigenvalue weighted by molar-refractivity contribution is 6.04.